The van der Waals surface area contributed by atoms with Crippen molar-refractivity contribution in [1.82, 2.24) is 0 Å². The molecule has 0 N–H and O–H groups in total. The van der Waals surface area contributed by atoms with E-state index < -0.39 is 0 Å². The molecule has 1 rings (SSSR count). The molecule has 16 heavy (non-hydrogen) atoms. The molecule has 0 aliphatic rings. The van der Waals surface area contributed by atoms with Gasteiger partial charge in [0.1, 0.15) is 0 Å². The van der Waals surface area contributed by atoms with Crippen LogP contribution in [-0.2, 0) is 18.7 Å². The number of hydrogen-bond acceptors (Lipinski definition) is 1. The van der Waals surface area contributed by atoms with Gasteiger partial charge in [0.05, 0.1) is 0 Å². The maximum absolute atomic E-state index is 5.44. The number of benzene rings is 1. The summed E-state index contributed by atoms with van der Waals surface area (Å²) in [6.45, 7) is 15.2. The molecule has 0 heterocycles. The van der Waals surface area contributed by atoms with E-state index in [0.29, 0.717) is 0 Å². The van der Waals surface area contributed by atoms with Gasteiger partial charge in [-0.25, -0.2) is 0 Å². The van der Waals surface area contributed by atoms with Crippen LogP contribution in [0.3, 0.4) is 0 Å². The normalized spacial score (nSPS) is 9.38. The van der Waals surface area contributed by atoms with Crippen LogP contribution < -0.4 is 3.56 Å². The van der Waals surface area contributed by atoms with Crippen molar-refractivity contribution >= 4 is 24.3 Å². The molecule has 0 spiro atoms. The summed E-state index contributed by atoms with van der Waals surface area (Å²) in [4.78, 5) is 0. The Morgan fingerprint density at radius 2 is 1.44 bits per heavy atom. The second kappa shape index (κ2) is 5.62. The Balaban J connectivity index is 3.73. The molecule has 1 aromatic carbocycles. The van der Waals surface area contributed by atoms with Gasteiger partial charge in [-0.3, -0.25) is 0 Å². The van der Waals surface area contributed by atoms with Crippen molar-refractivity contribution < 1.29 is 22.2 Å². The van der Waals surface area contributed by atoms with Gasteiger partial charge in [0.25, 0.3) is 0 Å². The number of hydrogen-bond donors (Lipinski definition) is 0. The summed E-state index contributed by atoms with van der Waals surface area (Å²) in [7, 11) is 0. The first kappa shape index (κ1) is 12.7. The summed E-state index contributed by atoms with van der Waals surface area (Å²) < 4.78 is 5.44. The molecular formula is C14H13OZn. The van der Waals surface area contributed by atoms with Crippen molar-refractivity contribution in [2.45, 2.75) is 0 Å². The van der Waals surface area contributed by atoms with E-state index in [1.807, 2.05) is 6.07 Å². The fraction of sp³-hybridized carbons (Fsp3) is 0. The average Bonchev–Trinajstić information content (AvgIpc) is 2.35. The molecule has 0 bridgehead atoms. The molecule has 0 radical (unpaired) electrons. The predicted octanol–water partition coefficient (Wildman–Crippen LogP) is 4.10. The van der Waals surface area contributed by atoms with Gasteiger partial charge in [0.15, 0.2) is 0 Å². The quantitative estimate of drug-likeness (QED) is 0.726. The van der Waals surface area contributed by atoms with E-state index in [1.54, 1.807) is 24.3 Å². The molecule has 0 aliphatic heterocycles. The van der Waals surface area contributed by atoms with E-state index >= 15 is 0 Å². The molecular weight excluding hydrogens is 250 g/mol. The van der Waals surface area contributed by atoms with Crippen molar-refractivity contribution in [1.29, 1.82) is 0 Å². The fourth-order valence-corrected chi connectivity index (χ4v) is 2.18. The van der Waals surface area contributed by atoms with Gasteiger partial charge in [0.2, 0.25) is 0 Å². The van der Waals surface area contributed by atoms with Gasteiger partial charge >= 0.3 is 107 Å². The molecule has 0 unspecified atom stereocenters. The maximum atomic E-state index is 5.44. The second-order valence-electron chi connectivity index (χ2n) is 3.17. The van der Waals surface area contributed by atoms with Crippen LogP contribution in [0.25, 0.3) is 24.3 Å². The second-order valence-corrected chi connectivity index (χ2v) is 3.77. The van der Waals surface area contributed by atoms with Crippen LogP contribution in [0.1, 0.15) is 22.3 Å². The summed E-state index contributed by atoms with van der Waals surface area (Å²) in [6, 6.07) is 1.96. The first-order chi connectivity index (χ1) is 7.73. The monoisotopic (exact) mass is 261 g/mol. The van der Waals surface area contributed by atoms with Gasteiger partial charge in [-0.15, -0.1) is 0 Å². The Morgan fingerprint density at radius 1 is 0.875 bits per heavy atom. The standard InChI is InChI=1S/C14H14O.Zn/c1-5-10-9-14(15)13(8-4)12(7-3)11(10)6-2;/h5-9,15H,1-4H2;/q;+1/p-1. The third-order valence-corrected chi connectivity index (χ3v) is 3.08. The topological polar surface area (TPSA) is 9.23 Å². The molecule has 2 heteroatoms. The first-order valence-electron chi connectivity index (χ1n) is 4.86. The van der Waals surface area contributed by atoms with Crippen molar-refractivity contribution in [3.63, 3.8) is 0 Å². The van der Waals surface area contributed by atoms with Gasteiger partial charge in [-0.1, -0.05) is 0 Å². The van der Waals surface area contributed by atoms with Crippen molar-refractivity contribution in [2.75, 3.05) is 0 Å². The zero-order valence-corrected chi connectivity index (χ0v) is 12.3. The average molecular weight is 263 g/mol. The van der Waals surface area contributed by atoms with Gasteiger partial charge in [0, 0.05) is 0 Å². The van der Waals surface area contributed by atoms with Crippen LogP contribution in [-0.4, -0.2) is 0 Å². The zero-order valence-electron chi connectivity index (χ0n) is 9.33. The summed E-state index contributed by atoms with van der Waals surface area (Å²) in [5.41, 5.74) is 3.97. The van der Waals surface area contributed by atoms with E-state index in [4.69, 9.17) is 3.56 Å². The van der Waals surface area contributed by atoms with Crippen molar-refractivity contribution in [3.8, 4) is 5.75 Å². The molecule has 0 atom stereocenters. The van der Waals surface area contributed by atoms with E-state index in [9.17, 15) is 0 Å². The Labute approximate surface area is 107 Å². The molecule has 1 nitrogen and oxygen atoms in total. The Bertz CT molecular complexity index is 458. The third-order valence-electron chi connectivity index (χ3n) is 2.43. The molecule has 0 amide bonds. The molecule has 77 valence electrons. The molecule has 0 fully saturated rings. The van der Waals surface area contributed by atoms with Gasteiger partial charge in [-0.2, -0.15) is 0 Å². The minimum absolute atomic E-state index is 0.738. The van der Waals surface area contributed by atoms with Crippen LogP contribution in [0, 0.1) is 0 Å². The summed E-state index contributed by atoms with van der Waals surface area (Å²) >= 11 is 0.738. The molecule has 0 aromatic heterocycles. The van der Waals surface area contributed by atoms with E-state index in [0.717, 1.165) is 46.7 Å². The Hall–Kier alpha value is -1.40. The van der Waals surface area contributed by atoms with Crippen molar-refractivity contribution in [3.05, 3.63) is 54.6 Å². The molecule has 1 aromatic rings. The molecule has 0 saturated carbocycles. The van der Waals surface area contributed by atoms with Crippen molar-refractivity contribution in [2.24, 2.45) is 0 Å². The van der Waals surface area contributed by atoms with E-state index in [1.165, 1.54) is 0 Å². The van der Waals surface area contributed by atoms with Crippen LogP contribution in [0.4, 0.5) is 0 Å². The van der Waals surface area contributed by atoms with Crippen LogP contribution in [0.2, 0.25) is 0 Å². The minimum atomic E-state index is 0.738. The van der Waals surface area contributed by atoms with Crippen LogP contribution in [0.5, 0.6) is 5.75 Å². The summed E-state index contributed by atoms with van der Waals surface area (Å²) in [6.07, 6.45) is 7.17. The molecule has 0 saturated heterocycles. The van der Waals surface area contributed by atoms with E-state index in [2.05, 4.69) is 26.3 Å². The Kier molecular flexibility index (Phi) is 4.45. The fourth-order valence-electron chi connectivity index (χ4n) is 1.68. The van der Waals surface area contributed by atoms with Gasteiger partial charge in [-0.05, 0) is 0 Å². The molecule has 0 aliphatic carbocycles. The van der Waals surface area contributed by atoms with Crippen LogP contribution in [0.15, 0.2) is 32.4 Å². The first-order valence-corrected chi connectivity index (χ1v) is 6.07. The Morgan fingerprint density at radius 3 is 1.81 bits per heavy atom. The third kappa shape index (κ3) is 2.07. The SMILES string of the molecule is C=Cc1cc([O][Zn])c(C=C)c(C=C)c1C=C. The predicted molar refractivity (Wildman–Crippen MR) is 67.4 cm³/mol. The van der Waals surface area contributed by atoms with Crippen LogP contribution >= 0.6 is 0 Å². The van der Waals surface area contributed by atoms with E-state index in [-0.39, 0.29) is 0 Å². The summed E-state index contributed by atoms with van der Waals surface area (Å²) in [5, 5.41) is 0. The zero-order chi connectivity index (χ0) is 12.1. The summed E-state index contributed by atoms with van der Waals surface area (Å²) in [5.74, 6) is 0.824. The number of rotatable bonds is 5. The van der Waals surface area contributed by atoms with Gasteiger partial charge < -0.3 is 0 Å².